The Morgan fingerprint density at radius 2 is 1.73 bits per heavy atom. The quantitative estimate of drug-likeness (QED) is 0.276. The summed E-state index contributed by atoms with van der Waals surface area (Å²) in [6.45, 7) is 5.99. The molecule has 0 saturated carbocycles. The number of nitrogens with zero attached hydrogens (tertiary/aromatic N) is 3. The van der Waals surface area contributed by atoms with Gasteiger partial charge < -0.3 is 14.9 Å². The van der Waals surface area contributed by atoms with Gasteiger partial charge >= 0.3 is 5.82 Å². The molecule has 0 fully saturated rings. The van der Waals surface area contributed by atoms with Gasteiger partial charge in [-0.05, 0) is 72.1 Å². The van der Waals surface area contributed by atoms with E-state index < -0.39 is 10.8 Å². The van der Waals surface area contributed by atoms with Gasteiger partial charge in [0.2, 0.25) is 0 Å². The third kappa shape index (κ3) is 5.04. The molecule has 0 aliphatic heterocycles. The second-order valence-corrected chi connectivity index (χ2v) is 8.36. The number of carbonyl (C=O) groups excluding carboxylic acids is 1. The molecule has 0 saturated heterocycles. The smallest absolute Gasteiger partial charge is 0.364 e. The van der Waals surface area contributed by atoms with Crippen LogP contribution in [0.1, 0.15) is 27.0 Å². The maximum absolute atomic E-state index is 12.5. The first-order chi connectivity index (χ1) is 15.8. The fraction of sp³-hybridized carbons (Fsp3) is 0.125. The maximum Gasteiger partial charge on any atom is 0.364 e. The molecular formula is C24H20N4O4S. The fourth-order valence-corrected chi connectivity index (χ4v) is 4.10. The Kier molecular flexibility index (Phi) is 6.14. The van der Waals surface area contributed by atoms with Crippen molar-refractivity contribution in [2.45, 2.75) is 20.8 Å². The molecule has 2 heterocycles. The highest BCUT2D eigenvalue weighted by atomic mass is 32.1. The zero-order valence-electron chi connectivity index (χ0n) is 18.2. The molecule has 166 valence electrons. The number of nitro groups is 1. The van der Waals surface area contributed by atoms with Crippen LogP contribution in [0.15, 0.2) is 60.1 Å². The Balaban J connectivity index is 1.53. The average molecular weight is 461 g/mol. The number of benzene rings is 2. The van der Waals surface area contributed by atoms with E-state index in [9.17, 15) is 14.9 Å². The largest absolute Gasteiger partial charge is 0.457 e. The van der Waals surface area contributed by atoms with Crippen molar-refractivity contribution in [3.63, 3.8) is 0 Å². The highest BCUT2D eigenvalue weighted by molar-refractivity contribution is 7.14. The van der Waals surface area contributed by atoms with Gasteiger partial charge in [-0.1, -0.05) is 17.7 Å². The summed E-state index contributed by atoms with van der Waals surface area (Å²) in [4.78, 5) is 30.9. The van der Waals surface area contributed by atoms with E-state index in [0.717, 1.165) is 39.9 Å². The van der Waals surface area contributed by atoms with Gasteiger partial charge in [-0.3, -0.25) is 10.1 Å². The van der Waals surface area contributed by atoms with Crippen molar-refractivity contribution in [1.29, 1.82) is 0 Å². The average Bonchev–Trinajstić information content (AvgIpc) is 3.22. The molecule has 4 rings (SSSR count). The predicted octanol–water partition coefficient (Wildman–Crippen LogP) is 6.08. The number of hydrogen-bond acceptors (Lipinski definition) is 7. The van der Waals surface area contributed by atoms with Crippen LogP contribution in [0.25, 0.3) is 11.3 Å². The lowest BCUT2D eigenvalue weighted by atomic mass is 10.0. The summed E-state index contributed by atoms with van der Waals surface area (Å²) < 4.78 is 5.99. The maximum atomic E-state index is 12.5. The molecule has 0 aliphatic carbocycles. The van der Waals surface area contributed by atoms with Crippen LogP contribution >= 0.6 is 11.3 Å². The van der Waals surface area contributed by atoms with Crippen LogP contribution < -0.4 is 10.1 Å². The third-order valence-electron chi connectivity index (χ3n) is 4.94. The number of rotatable bonds is 6. The molecule has 8 nitrogen and oxygen atoms in total. The minimum atomic E-state index is -0.643. The predicted molar refractivity (Wildman–Crippen MR) is 127 cm³/mol. The van der Waals surface area contributed by atoms with Crippen molar-refractivity contribution >= 4 is 28.2 Å². The first-order valence-corrected chi connectivity index (χ1v) is 10.9. The Hall–Kier alpha value is -4.11. The van der Waals surface area contributed by atoms with Crippen LogP contribution in [0, 0.1) is 30.9 Å². The normalized spacial score (nSPS) is 10.6. The van der Waals surface area contributed by atoms with E-state index in [1.807, 2.05) is 62.5 Å². The van der Waals surface area contributed by atoms with Gasteiger partial charge in [-0.25, -0.2) is 4.98 Å². The SMILES string of the molecule is Cc1ccc(Oc2cc(C)c(-c3csc(NC(=O)c4ccnc([N+](=O)[O-])c4)n3)c(C)c2)cc1. The van der Waals surface area contributed by atoms with Gasteiger partial charge in [-0.2, -0.15) is 0 Å². The summed E-state index contributed by atoms with van der Waals surface area (Å²) in [5.74, 6) is 0.626. The number of anilines is 1. The summed E-state index contributed by atoms with van der Waals surface area (Å²) in [7, 11) is 0. The van der Waals surface area contributed by atoms with Crippen molar-refractivity contribution in [2.75, 3.05) is 5.32 Å². The molecule has 2 aromatic heterocycles. The van der Waals surface area contributed by atoms with Gasteiger partial charge in [0, 0.05) is 17.0 Å². The zero-order valence-corrected chi connectivity index (χ0v) is 19.0. The summed E-state index contributed by atoms with van der Waals surface area (Å²) in [6, 6.07) is 14.3. The van der Waals surface area contributed by atoms with Crippen LogP contribution in [0.4, 0.5) is 10.9 Å². The number of thiazole rings is 1. The monoisotopic (exact) mass is 460 g/mol. The highest BCUT2D eigenvalue weighted by Gasteiger charge is 2.16. The van der Waals surface area contributed by atoms with Gasteiger partial charge in [0.1, 0.15) is 17.7 Å². The minimum Gasteiger partial charge on any atom is -0.457 e. The molecule has 9 heteroatoms. The van der Waals surface area contributed by atoms with Gasteiger partial charge in [0.15, 0.2) is 5.13 Å². The van der Waals surface area contributed by atoms with Crippen LogP contribution in [0.3, 0.4) is 0 Å². The van der Waals surface area contributed by atoms with E-state index in [2.05, 4.69) is 15.3 Å². The molecule has 1 amide bonds. The van der Waals surface area contributed by atoms with Crippen molar-refractivity contribution in [1.82, 2.24) is 9.97 Å². The Bertz CT molecular complexity index is 1330. The van der Waals surface area contributed by atoms with Gasteiger partial charge in [0.25, 0.3) is 5.91 Å². The van der Waals surface area contributed by atoms with Crippen molar-refractivity contribution < 1.29 is 14.5 Å². The van der Waals surface area contributed by atoms with Crippen molar-refractivity contribution in [3.05, 3.63) is 92.5 Å². The summed E-state index contributed by atoms with van der Waals surface area (Å²) >= 11 is 1.28. The van der Waals surface area contributed by atoms with Crippen LogP contribution in [0.2, 0.25) is 0 Å². The summed E-state index contributed by atoms with van der Waals surface area (Å²) in [5.41, 5.74) is 4.97. The lowest BCUT2D eigenvalue weighted by Crippen LogP contribution is -2.12. The molecule has 2 aromatic carbocycles. The van der Waals surface area contributed by atoms with E-state index in [1.54, 1.807) is 0 Å². The molecule has 1 N–H and O–H groups in total. The topological polar surface area (TPSA) is 107 Å². The second-order valence-electron chi connectivity index (χ2n) is 7.50. The van der Waals surface area contributed by atoms with Crippen LogP contribution in [0.5, 0.6) is 11.5 Å². The van der Waals surface area contributed by atoms with E-state index in [4.69, 9.17) is 4.74 Å². The highest BCUT2D eigenvalue weighted by Crippen LogP contribution is 2.34. The third-order valence-corrected chi connectivity index (χ3v) is 5.70. The Labute approximate surface area is 194 Å². The number of nitrogens with one attached hydrogen (secondary N) is 1. The van der Waals surface area contributed by atoms with E-state index >= 15 is 0 Å². The Morgan fingerprint density at radius 1 is 1.03 bits per heavy atom. The molecule has 4 aromatic rings. The number of aromatic nitrogens is 2. The lowest BCUT2D eigenvalue weighted by Gasteiger charge is -2.12. The molecular weight excluding hydrogens is 440 g/mol. The number of pyridine rings is 1. The molecule has 33 heavy (non-hydrogen) atoms. The first kappa shape index (κ1) is 22.1. The lowest BCUT2D eigenvalue weighted by molar-refractivity contribution is -0.389. The summed E-state index contributed by atoms with van der Waals surface area (Å²) in [5, 5.41) is 15.8. The second kappa shape index (κ2) is 9.17. The number of hydrogen-bond donors (Lipinski definition) is 1. The van der Waals surface area contributed by atoms with Crippen LogP contribution in [-0.4, -0.2) is 20.8 Å². The molecule has 0 unspecified atom stereocenters. The van der Waals surface area contributed by atoms with E-state index in [0.29, 0.717) is 5.13 Å². The van der Waals surface area contributed by atoms with Gasteiger partial charge in [-0.15, -0.1) is 11.3 Å². The molecule has 0 spiro atoms. The van der Waals surface area contributed by atoms with Crippen molar-refractivity contribution in [2.24, 2.45) is 0 Å². The fourth-order valence-electron chi connectivity index (χ4n) is 3.40. The van der Waals surface area contributed by atoms with Gasteiger partial charge in [0.05, 0.1) is 11.3 Å². The molecule has 0 bridgehead atoms. The number of carbonyl (C=O) groups is 1. The molecule has 0 atom stereocenters. The number of amides is 1. The number of aryl methyl sites for hydroxylation is 3. The Morgan fingerprint density at radius 3 is 2.39 bits per heavy atom. The van der Waals surface area contributed by atoms with E-state index in [1.165, 1.54) is 29.2 Å². The number of ether oxygens (including phenoxy) is 1. The van der Waals surface area contributed by atoms with Crippen LogP contribution in [-0.2, 0) is 0 Å². The standard InChI is InChI=1S/C24H20N4O4S/c1-14-4-6-18(7-5-14)32-19-10-15(2)22(16(3)11-19)20-13-33-24(26-20)27-23(29)17-8-9-25-21(12-17)28(30)31/h4-13H,1-3H3,(H,26,27,29). The summed E-state index contributed by atoms with van der Waals surface area (Å²) in [6.07, 6.45) is 1.23. The van der Waals surface area contributed by atoms with E-state index in [-0.39, 0.29) is 11.4 Å². The van der Waals surface area contributed by atoms with Crippen molar-refractivity contribution in [3.8, 4) is 22.8 Å². The first-order valence-electron chi connectivity index (χ1n) is 10.0. The zero-order chi connectivity index (χ0) is 23.5. The minimum absolute atomic E-state index is 0.137. The molecule has 0 radical (unpaired) electrons. The molecule has 0 aliphatic rings.